The minimum absolute atomic E-state index is 0.494. The number of hydrogen-bond donors (Lipinski definition) is 1. The lowest BCUT2D eigenvalue weighted by atomic mass is 9.99. The first-order valence-electron chi connectivity index (χ1n) is 4.25. The van der Waals surface area contributed by atoms with Crippen LogP contribution in [0.5, 0.6) is 0 Å². The number of nitrogens with zero attached hydrogens (tertiary/aromatic N) is 1. The molecule has 58 valence electrons. The van der Waals surface area contributed by atoms with Gasteiger partial charge in [0.05, 0.1) is 0 Å². The van der Waals surface area contributed by atoms with Gasteiger partial charge in [0.2, 0.25) is 0 Å². The van der Waals surface area contributed by atoms with Gasteiger partial charge in [-0.25, -0.2) is 0 Å². The highest BCUT2D eigenvalue weighted by Crippen LogP contribution is 2.33. The zero-order valence-electron chi connectivity index (χ0n) is 6.59. The standard InChI is InChI=1S/C8H16N2/c1-10-7-2-3-8(10)5-6(9)4-7/h6-8H,2-5,9H2,1H3/t7-,8-/m0/s1. The predicted octanol–water partition coefficient (Wildman–Crippen LogP) is 0.570. The van der Waals surface area contributed by atoms with E-state index in [1.807, 2.05) is 0 Å². The number of fused-ring (bicyclic) bond motifs is 2. The van der Waals surface area contributed by atoms with Crippen molar-refractivity contribution >= 4 is 0 Å². The van der Waals surface area contributed by atoms with Gasteiger partial charge in [-0.3, -0.25) is 0 Å². The summed E-state index contributed by atoms with van der Waals surface area (Å²) in [7, 11) is 2.24. The third-order valence-electron chi connectivity index (χ3n) is 3.13. The molecule has 2 saturated heterocycles. The number of nitrogens with two attached hydrogens (primary N) is 1. The van der Waals surface area contributed by atoms with Gasteiger partial charge in [-0.1, -0.05) is 0 Å². The molecule has 2 heteroatoms. The molecule has 2 rings (SSSR count). The maximum atomic E-state index is 5.89. The lowest BCUT2D eigenvalue weighted by Crippen LogP contribution is -2.45. The van der Waals surface area contributed by atoms with Gasteiger partial charge in [0, 0.05) is 18.1 Å². The van der Waals surface area contributed by atoms with E-state index in [1.54, 1.807) is 0 Å². The third kappa shape index (κ3) is 0.867. The Morgan fingerprint density at radius 3 is 2.20 bits per heavy atom. The van der Waals surface area contributed by atoms with Gasteiger partial charge in [0.25, 0.3) is 0 Å². The average Bonchev–Trinajstić information content (AvgIpc) is 2.20. The van der Waals surface area contributed by atoms with Crippen LogP contribution in [0.1, 0.15) is 25.7 Å². The smallest absolute Gasteiger partial charge is 0.0110 e. The van der Waals surface area contributed by atoms with Crippen molar-refractivity contribution in [2.45, 2.75) is 43.8 Å². The van der Waals surface area contributed by atoms with E-state index in [1.165, 1.54) is 25.7 Å². The molecule has 0 amide bonds. The molecule has 2 aliphatic heterocycles. The topological polar surface area (TPSA) is 29.3 Å². The molecule has 2 fully saturated rings. The average molecular weight is 140 g/mol. The molecule has 10 heavy (non-hydrogen) atoms. The van der Waals surface area contributed by atoms with Crippen LogP contribution in [0.15, 0.2) is 0 Å². The molecule has 0 aromatic rings. The van der Waals surface area contributed by atoms with E-state index in [2.05, 4.69) is 11.9 Å². The lowest BCUT2D eigenvalue weighted by molar-refractivity contribution is 0.163. The van der Waals surface area contributed by atoms with Gasteiger partial charge in [0.1, 0.15) is 0 Å². The second kappa shape index (κ2) is 2.21. The molecule has 0 aromatic carbocycles. The number of rotatable bonds is 0. The van der Waals surface area contributed by atoms with Crippen LogP contribution in [-0.2, 0) is 0 Å². The van der Waals surface area contributed by atoms with E-state index in [0.717, 1.165) is 12.1 Å². The van der Waals surface area contributed by atoms with Gasteiger partial charge >= 0.3 is 0 Å². The first-order valence-corrected chi connectivity index (χ1v) is 4.25. The Balaban J connectivity index is 2.09. The van der Waals surface area contributed by atoms with Crippen molar-refractivity contribution in [3.05, 3.63) is 0 Å². The number of piperidine rings is 1. The molecule has 2 aliphatic rings. The van der Waals surface area contributed by atoms with Crippen molar-refractivity contribution in [2.24, 2.45) is 5.73 Å². The van der Waals surface area contributed by atoms with Crippen LogP contribution in [0.3, 0.4) is 0 Å². The molecule has 0 saturated carbocycles. The molecular formula is C8H16N2. The fraction of sp³-hybridized carbons (Fsp3) is 1.00. The van der Waals surface area contributed by atoms with E-state index in [0.29, 0.717) is 6.04 Å². The monoisotopic (exact) mass is 140 g/mol. The van der Waals surface area contributed by atoms with Crippen LogP contribution in [0.4, 0.5) is 0 Å². The van der Waals surface area contributed by atoms with Crippen LogP contribution in [0.2, 0.25) is 0 Å². The fourth-order valence-corrected chi connectivity index (χ4v) is 2.45. The van der Waals surface area contributed by atoms with Gasteiger partial charge < -0.3 is 10.6 Å². The van der Waals surface area contributed by atoms with Crippen LogP contribution in [0, 0.1) is 0 Å². The summed E-state index contributed by atoms with van der Waals surface area (Å²) in [6.45, 7) is 0. The summed E-state index contributed by atoms with van der Waals surface area (Å²) in [5, 5.41) is 0. The van der Waals surface area contributed by atoms with Crippen molar-refractivity contribution < 1.29 is 0 Å². The molecule has 2 heterocycles. The van der Waals surface area contributed by atoms with E-state index in [-0.39, 0.29) is 0 Å². The van der Waals surface area contributed by atoms with Crippen molar-refractivity contribution in [3.63, 3.8) is 0 Å². The van der Waals surface area contributed by atoms with Crippen LogP contribution >= 0.6 is 0 Å². The Labute approximate surface area is 62.4 Å². The quantitative estimate of drug-likeness (QED) is 0.533. The van der Waals surface area contributed by atoms with Gasteiger partial charge in [-0.05, 0) is 32.7 Å². The van der Waals surface area contributed by atoms with Crippen molar-refractivity contribution in [2.75, 3.05) is 7.05 Å². The summed E-state index contributed by atoms with van der Waals surface area (Å²) in [6, 6.07) is 2.12. The summed E-state index contributed by atoms with van der Waals surface area (Å²) < 4.78 is 0. The Hall–Kier alpha value is -0.0800. The molecule has 0 unspecified atom stereocenters. The summed E-state index contributed by atoms with van der Waals surface area (Å²) in [6.07, 6.45) is 5.23. The van der Waals surface area contributed by atoms with Gasteiger partial charge in [-0.15, -0.1) is 0 Å². The van der Waals surface area contributed by atoms with Crippen molar-refractivity contribution in [3.8, 4) is 0 Å². The van der Waals surface area contributed by atoms with Gasteiger partial charge in [0.15, 0.2) is 0 Å². The summed E-state index contributed by atoms with van der Waals surface area (Å²) >= 11 is 0. The Bertz CT molecular complexity index is 121. The first kappa shape index (κ1) is 6.62. The highest BCUT2D eigenvalue weighted by molar-refractivity contribution is 4.94. The maximum absolute atomic E-state index is 5.89. The molecule has 0 aliphatic carbocycles. The van der Waals surface area contributed by atoms with Crippen LogP contribution in [0.25, 0.3) is 0 Å². The zero-order chi connectivity index (χ0) is 7.14. The molecule has 0 radical (unpaired) electrons. The Kier molecular flexibility index (Phi) is 1.46. The van der Waals surface area contributed by atoms with E-state index in [9.17, 15) is 0 Å². The van der Waals surface area contributed by atoms with Crippen molar-refractivity contribution in [1.29, 1.82) is 0 Å². The van der Waals surface area contributed by atoms with E-state index >= 15 is 0 Å². The maximum Gasteiger partial charge on any atom is 0.0110 e. The summed E-state index contributed by atoms with van der Waals surface area (Å²) in [5.74, 6) is 0. The Morgan fingerprint density at radius 1 is 1.20 bits per heavy atom. The minimum atomic E-state index is 0.494. The molecule has 2 nitrogen and oxygen atoms in total. The highest BCUT2D eigenvalue weighted by Gasteiger charge is 2.36. The lowest BCUT2D eigenvalue weighted by Gasteiger charge is -2.34. The molecule has 2 N–H and O–H groups in total. The Morgan fingerprint density at radius 2 is 1.70 bits per heavy atom. The van der Waals surface area contributed by atoms with E-state index < -0.39 is 0 Å². The third-order valence-corrected chi connectivity index (χ3v) is 3.13. The van der Waals surface area contributed by atoms with Gasteiger partial charge in [-0.2, -0.15) is 0 Å². The summed E-state index contributed by atoms with van der Waals surface area (Å²) in [5.41, 5.74) is 5.89. The summed E-state index contributed by atoms with van der Waals surface area (Å²) in [4.78, 5) is 2.52. The highest BCUT2D eigenvalue weighted by atomic mass is 15.2. The molecule has 0 spiro atoms. The molecule has 2 bridgehead atoms. The van der Waals surface area contributed by atoms with Crippen LogP contribution in [-0.4, -0.2) is 30.1 Å². The normalized spacial score (nSPS) is 48.0. The largest absolute Gasteiger partial charge is 0.328 e. The minimum Gasteiger partial charge on any atom is -0.328 e. The second-order valence-electron chi connectivity index (χ2n) is 3.78. The number of hydrogen-bond acceptors (Lipinski definition) is 2. The first-order chi connectivity index (χ1) is 4.77. The predicted molar refractivity (Wildman–Crippen MR) is 41.8 cm³/mol. The van der Waals surface area contributed by atoms with Crippen LogP contribution < -0.4 is 5.73 Å². The SMILES string of the molecule is CN1[C@H]2CC[C@H]1CC(N)C2. The molecule has 2 atom stereocenters. The van der Waals surface area contributed by atoms with Crippen molar-refractivity contribution in [1.82, 2.24) is 4.90 Å². The molecule has 0 aromatic heterocycles. The molecular weight excluding hydrogens is 124 g/mol. The van der Waals surface area contributed by atoms with E-state index in [4.69, 9.17) is 5.73 Å². The fourth-order valence-electron chi connectivity index (χ4n) is 2.45. The second-order valence-corrected chi connectivity index (χ2v) is 3.78. The zero-order valence-corrected chi connectivity index (χ0v) is 6.59.